The average molecular weight is 523 g/mol. The number of sulfonamides is 1. The Morgan fingerprint density at radius 2 is 1.64 bits per heavy atom. The molecule has 1 atom stereocenters. The van der Waals surface area contributed by atoms with Crippen LogP contribution in [0.1, 0.15) is 17.5 Å². The van der Waals surface area contributed by atoms with Gasteiger partial charge in [0.15, 0.2) is 0 Å². The molecule has 190 valence electrons. The number of hydrogen-bond donors (Lipinski definition) is 4. The zero-order chi connectivity index (χ0) is 26.3. The van der Waals surface area contributed by atoms with Gasteiger partial charge < -0.3 is 11.1 Å². The first-order chi connectivity index (χ1) is 16.9. The Hall–Kier alpha value is -3.91. The summed E-state index contributed by atoms with van der Waals surface area (Å²) in [6.07, 6.45) is -4.87. The molecule has 2 aromatic carbocycles. The number of aromatic amines is 1. The first kappa shape index (κ1) is 25.2. The van der Waals surface area contributed by atoms with Gasteiger partial charge >= 0.3 is 11.9 Å². The van der Waals surface area contributed by atoms with Crippen molar-refractivity contribution in [2.24, 2.45) is 0 Å². The van der Waals surface area contributed by atoms with E-state index in [0.29, 0.717) is 6.42 Å². The highest BCUT2D eigenvalue weighted by molar-refractivity contribution is 7.89. The van der Waals surface area contributed by atoms with Crippen molar-refractivity contribution in [2.45, 2.75) is 36.0 Å². The number of H-pyrrole nitrogens is 1. The van der Waals surface area contributed by atoms with Crippen LogP contribution in [0.4, 0.5) is 24.7 Å². The van der Waals surface area contributed by atoms with E-state index in [1.807, 2.05) is 17.4 Å². The predicted molar refractivity (Wildman–Crippen MR) is 124 cm³/mol. The molecule has 14 heteroatoms. The van der Waals surface area contributed by atoms with Crippen molar-refractivity contribution in [3.05, 3.63) is 86.6 Å². The number of aryl methyl sites for hydroxylation is 1. The molecule has 3 aromatic rings. The van der Waals surface area contributed by atoms with Gasteiger partial charge in [-0.3, -0.25) is 19.1 Å². The number of carbonyl (C=O) groups excluding carboxylic acids is 1. The first-order valence-electron chi connectivity index (χ1n) is 10.6. The molecule has 1 aromatic heterocycles. The second-order valence-electron chi connectivity index (χ2n) is 8.10. The summed E-state index contributed by atoms with van der Waals surface area (Å²) in [4.78, 5) is 39.1. The van der Waals surface area contributed by atoms with E-state index >= 15 is 0 Å². The third kappa shape index (κ3) is 4.28. The molecule has 1 aliphatic heterocycles. The standard InChI is InChI=1S/C22H20F3N5O5S/c23-22(24,25)21(29-36(34,35)15-10-8-14(26)9-11-15)16-17(27-19(21)32)30(20(33)28-18(16)31)12-4-7-13-5-2-1-3-6-13/h1-3,5-6,8-11,29H,4,7,12,26H2,(H,27,32)(H,28,31,33). The fourth-order valence-electron chi connectivity index (χ4n) is 4.00. The number of amides is 1. The number of fused-ring (bicyclic) bond motifs is 1. The highest BCUT2D eigenvalue weighted by Crippen LogP contribution is 2.45. The third-order valence-electron chi connectivity index (χ3n) is 5.74. The number of aromatic nitrogens is 2. The van der Waals surface area contributed by atoms with E-state index in [0.717, 1.165) is 34.4 Å². The van der Waals surface area contributed by atoms with Crippen LogP contribution in [0.5, 0.6) is 0 Å². The average Bonchev–Trinajstić information content (AvgIpc) is 3.09. The van der Waals surface area contributed by atoms with E-state index in [-0.39, 0.29) is 18.7 Å². The Labute approximate surface area is 202 Å². The Kier molecular flexibility index (Phi) is 6.26. The molecule has 0 fully saturated rings. The zero-order valence-electron chi connectivity index (χ0n) is 18.4. The third-order valence-corrected chi connectivity index (χ3v) is 7.21. The lowest BCUT2D eigenvalue weighted by Gasteiger charge is -2.29. The zero-order valence-corrected chi connectivity index (χ0v) is 19.2. The number of rotatable bonds is 7. The number of alkyl halides is 3. The van der Waals surface area contributed by atoms with Gasteiger partial charge in [0.2, 0.25) is 15.6 Å². The Morgan fingerprint density at radius 1 is 1.00 bits per heavy atom. The number of halogens is 3. The van der Waals surface area contributed by atoms with Crippen LogP contribution in [0.25, 0.3) is 0 Å². The van der Waals surface area contributed by atoms with Gasteiger partial charge in [-0.25, -0.2) is 13.2 Å². The number of nitrogens with two attached hydrogens (primary N) is 1. The summed E-state index contributed by atoms with van der Waals surface area (Å²) in [6.45, 7) is -0.161. The van der Waals surface area contributed by atoms with Gasteiger partial charge in [-0.2, -0.15) is 17.9 Å². The van der Waals surface area contributed by atoms with E-state index in [2.05, 4.69) is 0 Å². The summed E-state index contributed by atoms with van der Waals surface area (Å²) in [5.41, 5.74) is -1.29. The smallest absolute Gasteiger partial charge is 0.399 e. The second-order valence-corrected chi connectivity index (χ2v) is 9.78. The van der Waals surface area contributed by atoms with Crippen LogP contribution in [0, 0.1) is 0 Å². The molecule has 0 saturated carbocycles. The number of carbonyl (C=O) groups is 1. The Balaban J connectivity index is 1.80. The van der Waals surface area contributed by atoms with Crippen LogP contribution in [0.15, 0.2) is 69.1 Å². The molecule has 1 aliphatic rings. The van der Waals surface area contributed by atoms with Gasteiger partial charge in [-0.05, 0) is 42.7 Å². The number of nitrogens with zero attached hydrogens (tertiary/aromatic N) is 1. The maximum Gasteiger partial charge on any atom is 0.421 e. The highest BCUT2D eigenvalue weighted by Gasteiger charge is 2.69. The molecule has 10 nitrogen and oxygen atoms in total. The summed E-state index contributed by atoms with van der Waals surface area (Å²) in [6, 6.07) is 13.2. The predicted octanol–water partition coefficient (Wildman–Crippen LogP) is 1.44. The maximum absolute atomic E-state index is 14.5. The minimum absolute atomic E-state index is 0.152. The van der Waals surface area contributed by atoms with Gasteiger partial charge in [0.1, 0.15) is 5.82 Å². The molecule has 2 heterocycles. The molecule has 0 saturated heterocycles. The van der Waals surface area contributed by atoms with Crippen LogP contribution in [-0.4, -0.2) is 30.1 Å². The highest BCUT2D eigenvalue weighted by atomic mass is 32.2. The summed E-state index contributed by atoms with van der Waals surface area (Å²) in [7, 11) is -5.00. The summed E-state index contributed by atoms with van der Waals surface area (Å²) in [5, 5.41) is 1.91. The van der Waals surface area contributed by atoms with Crippen LogP contribution in [0.3, 0.4) is 0 Å². The van der Waals surface area contributed by atoms with Crippen molar-refractivity contribution in [3.8, 4) is 0 Å². The minimum atomic E-state index is -5.59. The SMILES string of the molecule is Nc1ccc(S(=O)(=O)NC2(C(F)(F)F)C(=O)Nc3c2c(=O)[nH]c(=O)n3CCCc2ccccc2)cc1. The van der Waals surface area contributed by atoms with Gasteiger partial charge in [-0.1, -0.05) is 30.3 Å². The minimum Gasteiger partial charge on any atom is -0.399 e. The van der Waals surface area contributed by atoms with E-state index < -0.39 is 55.2 Å². The van der Waals surface area contributed by atoms with Gasteiger partial charge in [0.05, 0.1) is 10.5 Å². The number of benzene rings is 2. The van der Waals surface area contributed by atoms with Gasteiger partial charge in [-0.15, -0.1) is 0 Å². The van der Waals surface area contributed by atoms with E-state index in [1.54, 1.807) is 23.2 Å². The van der Waals surface area contributed by atoms with Gasteiger partial charge in [0.25, 0.3) is 11.5 Å². The van der Waals surface area contributed by atoms with Crippen LogP contribution >= 0.6 is 0 Å². The quantitative estimate of drug-likeness (QED) is 0.344. The Bertz CT molecular complexity index is 1530. The lowest BCUT2D eigenvalue weighted by atomic mass is 9.93. The summed E-state index contributed by atoms with van der Waals surface area (Å²) in [5.74, 6) is -2.59. The maximum atomic E-state index is 14.5. The van der Waals surface area contributed by atoms with Gasteiger partial charge in [0, 0.05) is 12.2 Å². The lowest BCUT2D eigenvalue weighted by molar-refractivity contribution is -0.194. The molecule has 0 bridgehead atoms. The van der Waals surface area contributed by atoms with Crippen LogP contribution in [0.2, 0.25) is 0 Å². The number of anilines is 2. The molecular formula is C22H20F3N5O5S. The van der Waals surface area contributed by atoms with Crippen LogP contribution < -0.4 is 27.0 Å². The second kappa shape index (κ2) is 8.95. The summed E-state index contributed by atoms with van der Waals surface area (Å²) >= 11 is 0. The monoisotopic (exact) mass is 523 g/mol. The molecule has 4 rings (SSSR count). The largest absolute Gasteiger partial charge is 0.421 e. The molecule has 0 aliphatic carbocycles. The number of nitrogen functional groups attached to an aromatic ring is 1. The molecule has 5 N–H and O–H groups in total. The van der Waals surface area contributed by atoms with E-state index in [1.165, 1.54) is 4.72 Å². The number of nitrogens with one attached hydrogen (secondary N) is 3. The topological polar surface area (TPSA) is 156 Å². The van der Waals surface area contributed by atoms with Crippen molar-refractivity contribution in [1.29, 1.82) is 0 Å². The molecular weight excluding hydrogens is 503 g/mol. The molecule has 0 radical (unpaired) electrons. The van der Waals surface area contributed by atoms with Crippen molar-refractivity contribution in [3.63, 3.8) is 0 Å². The number of hydrogen-bond acceptors (Lipinski definition) is 6. The van der Waals surface area contributed by atoms with E-state index in [4.69, 9.17) is 5.73 Å². The van der Waals surface area contributed by atoms with Crippen LogP contribution in [-0.2, 0) is 33.3 Å². The molecule has 1 unspecified atom stereocenters. The van der Waals surface area contributed by atoms with Crippen molar-refractivity contribution in [1.82, 2.24) is 14.3 Å². The fraction of sp³-hybridized carbons (Fsp3) is 0.227. The normalized spacial score (nSPS) is 17.6. The summed E-state index contributed by atoms with van der Waals surface area (Å²) < 4.78 is 71.4. The Morgan fingerprint density at radius 3 is 2.25 bits per heavy atom. The van der Waals surface area contributed by atoms with Crippen molar-refractivity contribution in [2.75, 3.05) is 11.1 Å². The van der Waals surface area contributed by atoms with Crippen molar-refractivity contribution >= 4 is 27.4 Å². The molecule has 0 spiro atoms. The molecule has 1 amide bonds. The van der Waals surface area contributed by atoms with Crippen molar-refractivity contribution < 1.29 is 26.4 Å². The molecule has 36 heavy (non-hydrogen) atoms. The van der Waals surface area contributed by atoms with E-state index in [9.17, 15) is 36.0 Å². The first-order valence-corrected chi connectivity index (χ1v) is 12.0. The lowest BCUT2D eigenvalue weighted by Crippen LogP contribution is -2.61. The fourth-order valence-corrected chi connectivity index (χ4v) is 5.32.